The maximum atomic E-state index is 11.8. The van der Waals surface area contributed by atoms with Gasteiger partial charge in [-0.3, -0.25) is 14.4 Å². The van der Waals surface area contributed by atoms with Gasteiger partial charge in [0.2, 0.25) is 11.8 Å². The summed E-state index contributed by atoms with van der Waals surface area (Å²) in [5, 5.41) is 15.8. The van der Waals surface area contributed by atoms with Crippen molar-refractivity contribution in [3.05, 3.63) is 35.4 Å². The molecule has 2 aromatic rings. The smallest absolute Gasteiger partial charge is 1.00 e. The van der Waals surface area contributed by atoms with Crippen molar-refractivity contribution >= 4 is 29.9 Å². The van der Waals surface area contributed by atoms with E-state index < -0.39 is 0 Å². The molecule has 2 amide bonds. The molecule has 2 fully saturated rings. The zero-order chi connectivity index (χ0) is 28.1. The molecule has 40 heavy (non-hydrogen) atoms. The quantitative estimate of drug-likeness (QED) is 0.123. The number of carbonyl (C=O) groups excluding carboxylic acids is 3. The molecule has 0 radical (unpaired) electrons. The third-order valence-electron chi connectivity index (χ3n) is 6.15. The number of carbonyl (C=O) groups is 3. The van der Waals surface area contributed by atoms with Crippen LogP contribution in [0.5, 0.6) is 0 Å². The molecule has 3 aliphatic rings. The fraction of sp³-hybridized carbons (Fsp3) is 0.600. The van der Waals surface area contributed by atoms with E-state index in [-0.39, 0.29) is 163 Å². The van der Waals surface area contributed by atoms with Crippen LogP contribution in [0.25, 0.3) is 0 Å². The van der Waals surface area contributed by atoms with Crippen LogP contribution in [0.4, 0.5) is 0 Å². The number of halogens is 1. The van der Waals surface area contributed by atoms with Gasteiger partial charge >= 0.3 is 138 Å². The minimum absolute atomic E-state index is 0. The van der Waals surface area contributed by atoms with Crippen LogP contribution in [-0.4, -0.2) is 66.6 Å². The molecule has 2 aromatic heterocycles. The zero-order valence-electron chi connectivity index (χ0n) is 25.1. The molecular weight excluding hydrogens is 780 g/mol. The number of imidazole rings is 2. The predicted molar refractivity (Wildman–Crippen MR) is 137 cm³/mol. The van der Waals surface area contributed by atoms with E-state index in [1.165, 1.54) is 38.3 Å². The summed E-state index contributed by atoms with van der Waals surface area (Å²) >= 11 is 5.54. The summed E-state index contributed by atoms with van der Waals surface area (Å²) in [6.45, 7) is 8.48. The number of amides is 2. The summed E-state index contributed by atoms with van der Waals surface area (Å²) in [4.78, 5) is 50.1. The number of nitrogens with zero attached hydrogens (tertiary/aromatic N) is 6. The molecule has 0 unspecified atom stereocenters. The van der Waals surface area contributed by atoms with E-state index in [2.05, 4.69) is 24.4 Å². The average molecular weight is 816 g/mol. The number of aromatic amines is 1. The van der Waals surface area contributed by atoms with Gasteiger partial charge in [-0.25, -0.2) is 9.97 Å². The van der Waals surface area contributed by atoms with Gasteiger partial charge in [-0.15, -0.1) is 11.6 Å². The molecule has 1 N–H and O–H groups in total. The Hall–Kier alpha value is 0.674. The van der Waals surface area contributed by atoms with Gasteiger partial charge in [0.25, 0.3) is 6.47 Å². The van der Waals surface area contributed by atoms with Crippen molar-refractivity contribution in [1.82, 2.24) is 29.3 Å². The molecule has 2 saturated carbocycles. The number of H-pyrrole nitrogens is 1. The van der Waals surface area contributed by atoms with Crippen molar-refractivity contribution in [2.75, 3.05) is 19.0 Å². The van der Waals surface area contributed by atoms with Crippen LogP contribution in [0.1, 0.15) is 82.8 Å². The number of nitrogens with one attached hydrogen (secondary N) is 1. The van der Waals surface area contributed by atoms with Gasteiger partial charge in [-0.05, 0) is 39.5 Å². The van der Waals surface area contributed by atoms with Gasteiger partial charge in [-0.1, -0.05) is 0 Å². The van der Waals surface area contributed by atoms with E-state index in [1.807, 2.05) is 31.1 Å². The Bertz CT molecular complexity index is 1110. The number of likely N-dealkylation sites (N-methyl/N-ethyl adjacent to an activating group) is 1. The van der Waals surface area contributed by atoms with Gasteiger partial charge in [-0.2, -0.15) is 5.26 Å². The Kier molecular flexibility index (Phi) is 22.6. The molecule has 0 spiro atoms. The summed E-state index contributed by atoms with van der Waals surface area (Å²) < 4.78 is 2.12. The predicted octanol–water partition coefficient (Wildman–Crippen LogP) is -3.92. The number of hydrogen-bond donors (Lipinski definition) is 1. The number of aromatic nitrogens is 4. The van der Waals surface area contributed by atoms with E-state index in [0.29, 0.717) is 31.5 Å². The summed E-state index contributed by atoms with van der Waals surface area (Å²) in [7, 11) is 0. The fourth-order valence-corrected chi connectivity index (χ4v) is 4.07. The number of hydrogen-bond acceptors (Lipinski definition) is 8. The van der Waals surface area contributed by atoms with Crippen molar-refractivity contribution in [2.45, 2.75) is 77.9 Å². The number of fused-ring (bicyclic) bond motifs is 1. The van der Waals surface area contributed by atoms with Crippen molar-refractivity contribution in [1.29, 1.82) is 5.26 Å². The second kappa shape index (κ2) is 22.2. The normalized spacial score (nSPS) is 14.5. The monoisotopic (exact) mass is 815 g/mol. The first-order valence-corrected chi connectivity index (χ1v) is 13.1. The second-order valence-corrected chi connectivity index (χ2v) is 9.17. The van der Waals surface area contributed by atoms with Crippen LogP contribution < -0.4 is 143 Å². The largest absolute Gasteiger partial charge is 1.00 e. The molecule has 2 aliphatic carbocycles. The fourth-order valence-electron chi connectivity index (χ4n) is 3.90. The van der Waals surface area contributed by atoms with Gasteiger partial charge in [0, 0.05) is 31.8 Å². The van der Waals surface area contributed by atoms with Crippen LogP contribution in [0.15, 0.2) is 12.4 Å². The van der Waals surface area contributed by atoms with Crippen LogP contribution in [0.3, 0.4) is 0 Å². The van der Waals surface area contributed by atoms with Crippen molar-refractivity contribution in [3.8, 4) is 6.07 Å². The van der Waals surface area contributed by atoms with E-state index in [4.69, 9.17) is 26.9 Å². The average Bonchev–Trinajstić information content (AvgIpc) is 3.87. The molecule has 3 heterocycles. The van der Waals surface area contributed by atoms with Crippen LogP contribution >= 0.6 is 11.6 Å². The van der Waals surface area contributed by atoms with Crippen molar-refractivity contribution < 1.29 is 164 Å². The first-order chi connectivity index (χ1) is 18.4. The van der Waals surface area contributed by atoms with Gasteiger partial charge in [0.1, 0.15) is 24.1 Å². The molecule has 0 aromatic carbocycles. The third kappa shape index (κ3) is 13.5. The summed E-state index contributed by atoms with van der Waals surface area (Å²) in [6, 6.07) is 1.75. The number of nitriles is 1. The molecule has 12 nitrogen and oxygen atoms in total. The number of alkyl halides is 1. The van der Waals surface area contributed by atoms with Crippen LogP contribution in [0, 0.1) is 11.3 Å². The van der Waals surface area contributed by atoms with Crippen molar-refractivity contribution in [3.63, 3.8) is 0 Å². The molecule has 1 aliphatic heterocycles. The molecule has 210 valence electrons. The maximum Gasteiger partial charge on any atom is 1.00 e. The summed E-state index contributed by atoms with van der Waals surface area (Å²) in [5.74, 6) is 3.67. The van der Waals surface area contributed by atoms with E-state index in [9.17, 15) is 9.59 Å². The Morgan fingerprint density at radius 2 is 1.85 bits per heavy atom. The Morgan fingerprint density at radius 3 is 2.33 bits per heavy atom. The zero-order valence-corrected chi connectivity index (χ0v) is 37.4. The summed E-state index contributed by atoms with van der Waals surface area (Å²) in [6.07, 6.45) is 8.68. The molecule has 15 heteroatoms. The van der Waals surface area contributed by atoms with Crippen LogP contribution in [-0.2, 0) is 38.9 Å². The van der Waals surface area contributed by atoms with Gasteiger partial charge in [0.05, 0.1) is 42.9 Å². The van der Waals surface area contributed by atoms with Gasteiger partial charge in [0.15, 0.2) is 0 Å². The third-order valence-corrected chi connectivity index (χ3v) is 6.38. The minimum atomic E-state index is -0.181. The molecule has 0 bridgehead atoms. The van der Waals surface area contributed by atoms with E-state index in [1.54, 1.807) is 11.0 Å². The SMILES string of the molecule is CC#N.CCN(Cc1cnc(C2CC2)[nH]1)C(=O)CCl.CCN1Cc2cnc(C3CC3)n2CC1=O.O=CO[O-].[Cs+].[Cs+].[H-]. The second-order valence-electron chi connectivity index (χ2n) is 8.90. The topological polar surface area (TPSA) is 160 Å². The standard InChI is InChI=1S/C11H16ClN3O.C11H15N3O.C2H3N.CH2O3.2Cs.H/c1-2-15(10(16)5-12)7-9-6-13-11(14-9)8-3-4-8;1-2-13-6-9-5-12-11(8-3-4-8)14(9)7-10(13)15;1-2-3;2-1-4-3;;;/h6,8H,2-5,7H2,1H3,(H,13,14);5,8H,2-4,6-7H2,1H3;1H3;1,3H;;;/q;;;;2*+1;-1/p-1. The maximum absolute atomic E-state index is 11.8. The Labute approximate surface area is 359 Å². The van der Waals surface area contributed by atoms with E-state index >= 15 is 0 Å². The number of rotatable bonds is 8. The van der Waals surface area contributed by atoms with E-state index in [0.717, 1.165) is 30.4 Å². The molecular formula is C25H36ClCs2N7O5. The van der Waals surface area contributed by atoms with Crippen molar-refractivity contribution in [2.24, 2.45) is 0 Å². The Morgan fingerprint density at radius 1 is 1.25 bits per heavy atom. The molecule has 5 rings (SSSR count). The summed E-state index contributed by atoms with van der Waals surface area (Å²) in [5.41, 5.74) is 2.18. The van der Waals surface area contributed by atoms with Crippen LogP contribution in [0.2, 0.25) is 0 Å². The van der Waals surface area contributed by atoms with Gasteiger partial charge < -0.3 is 30.9 Å². The first kappa shape index (κ1) is 40.7. The minimum Gasteiger partial charge on any atom is -1.00 e. The molecule has 0 saturated heterocycles. The Balaban J connectivity index is 0. The first-order valence-electron chi connectivity index (χ1n) is 12.6. The molecule has 0 atom stereocenters.